The highest BCUT2D eigenvalue weighted by atomic mass is 35.5. The van der Waals surface area contributed by atoms with E-state index in [9.17, 15) is 4.79 Å². The van der Waals surface area contributed by atoms with Gasteiger partial charge < -0.3 is 4.90 Å². The van der Waals surface area contributed by atoms with Crippen LogP contribution in [-0.2, 0) is 5.88 Å². The van der Waals surface area contributed by atoms with Gasteiger partial charge in [0.2, 0.25) is 0 Å². The predicted molar refractivity (Wildman–Crippen MR) is 86.6 cm³/mol. The monoisotopic (exact) mass is 305 g/mol. The lowest BCUT2D eigenvalue weighted by atomic mass is 9.88. The summed E-state index contributed by atoms with van der Waals surface area (Å²) in [5.74, 6) is 1.43. The maximum Gasteiger partial charge on any atom is 0.254 e. The first kappa shape index (κ1) is 14.9. The van der Waals surface area contributed by atoms with Crippen molar-refractivity contribution in [3.05, 3.63) is 35.4 Å². The molecule has 2 aliphatic rings. The molecule has 1 aromatic carbocycles. The molecule has 2 aliphatic carbocycles. The van der Waals surface area contributed by atoms with E-state index in [0.717, 1.165) is 17.7 Å². The Hall–Kier alpha value is -1.02. The number of rotatable bonds is 5. The lowest BCUT2D eigenvalue weighted by molar-refractivity contribution is 0.0699. The number of hydrogen-bond acceptors (Lipinski definition) is 1. The van der Waals surface area contributed by atoms with Gasteiger partial charge in [-0.25, -0.2) is 0 Å². The van der Waals surface area contributed by atoms with Gasteiger partial charge in [-0.15, -0.1) is 11.6 Å². The molecule has 2 fully saturated rings. The highest BCUT2D eigenvalue weighted by Gasteiger charge is 2.34. The highest BCUT2D eigenvalue weighted by Crippen LogP contribution is 2.32. The van der Waals surface area contributed by atoms with E-state index in [1.165, 1.54) is 44.9 Å². The Labute approximate surface area is 132 Å². The van der Waals surface area contributed by atoms with Crippen LogP contribution in [0.4, 0.5) is 0 Å². The third-order valence-electron chi connectivity index (χ3n) is 4.78. The van der Waals surface area contributed by atoms with Crippen molar-refractivity contribution in [2.24, 2.45) is 5.92 Å². The first-order chi connectivity index (χ1) is 10.3. The van der Waals surface area contributed by atoms with Crippen LogP contribution in [0.2, 0.25) is 0 Å². The first-order valence-corrected chi connectivity index (χ1v) is 8.77. The van der Waals surface area contributed by atoms with E-state index in [-0.39, 0.29) is 5.91 Å². The molecule has 0 spiro atoms. The topological polar surface area (TPSA) is 20.3 Å². The summed E-state index contributed by atoms with van der Waals surface area (Å²) in [5, 5.41) is 0. The van der Waals surface area contributed by atoms with Gasteiger partial charge in [0.05, 0.1) is 0 Å². The quantitative estimate of drug-likeness (QED) is 0.727. The average molecular weight is 306 g/mol. The molecule has 0 saturated heterocycles. The molecule has 0 N–H and O–H groups in total. The second-order valence-electron chi connectivity index (χ2n) is 6.52. The van der Waals surface area contributed by atoms with E-state index in [2.05, 4.69) is 4.90 Å². The van der Waals surface area contributed by atoms with E-state index in [1.807, 2.05) is 24.3 Å². The molecule has 0 heterocycles. The molecule has 0 radical (unpaired) electrons. The molecular weight excluding hydrogens is 282 g/mol. The Balaban J connectivity index is 1.68. The van der Waals surface area contributed by atoms with Gasteiger partial charge in [-0.2, -0.15) is 0 Å². The second kappa shape index (κ2) is 6.83. The number of carbonyl (C=O) groups is 1. The van der Waals surface area contributed by atoms with Crippen molar-refractivity contribution in [2.75, 3.05) is 6.54 Å². The molecule has 1 amide bonds. The third-order valence-corrected chi connectivity index (χ3v) is 5.09. The summed E-state index contributed by atoms with van der Waals surface area (Å²) in [7, 11) is 0. The van der Waals surface area contributed by atoms with Crippen molar-refractivity contribution in [1.29, 1.82) is 0 Å². The van der Waals surface area contributed by atoms with Crippen molar-refractivity contribution in [3.8, 4) is 0 Å². The van der Waals surface area contributed by atoms with Crippen LogP contribution < -0.4 is 0 Å². The Morgan fingerprint density at radius 3 is 2.29 bits per heavy atom. The number of carbonyl (C=O) groups excluding carboxylic acids is 1. The lowest BCUT2D eigenvalue weighted by Gasteiger charge is -2.30. The van der Waals surface area contributed by atoms with Crippen LogP contribution in [0, 0.1) is 5.92 Å². The molecule has 2 nitrogen and oxygen atoms in total. The van der Waals surface area contributed by atoms with E-state index in [4.69, 9.17) is 11.6 Å². The van der Waals surface area contributed by atoms with Crippen LogP contribution in [0.1, 0.15) is 60.9 Å². The minimum absolute atomic E-state index is 0.212. The molecule has 3 heteroatoms. The molecule has 0 aromatic heterocycles. The second-order valence-corrected chi connectivity index (χ2v) is 6.79. The predicted octanol–water partition coefficient (Wildman–Crippen LogP) is 4.61. The van der Waals surface area contributed by atoms with Crippen LogP contribution in [0.25, 0.3) is 0 Å². The molecule has 0 aliphatic heterocycles. The third kappa shape index (κ3) is 3.79. The van der Waals surface area contributed by atoms with Crippen molar-refractivity contribution >= 4 is 17.5 Å². The van der Waals surface area contributed by atoms with Crippen LogP contribution in [0.15, 0.2) is 24.3 Å². The van der Waals surface area contributed by atoms with E-state index in [1.54, 1.807) is 0 Å². The molecule has 21 heavy (non-hydrogen) atoms. The van der Waals surface area contributed by atoms with E-state index in [0.29, 0.717) is 17.8 Å². The number of nitrogens with zero attached hydrogens (tertiary/aromatic N) is 1. The number of alkyl halides is 1. The zero-order valence-electron chi connectivity index (χ0n) is 12.6. The fraction of sp³-hybridized carbons (Fsp3) is 0.611. The summed E-state index contributed by atoms with van der Waals surface area (Å²) in [4.78, 5) is 14.9. The zero-order valence-corrected chi connectivity index (χ0v) is 13.3. The molecule has 0 bridgehead atoms. The molecule has 0 unspecified atom stereocenters. The number of amides is 1. The maximum absolute atomic E-state index is 12.8. The van der Waals surface area contributed by atoms with E-state index >= 15 is 0 Å². The fourth-order valence-corrected chi connectivity index (χ4v) is 3.51. The summed E-state index contributed by atoms with van der Waals surface area (Å²) in [6.07, 6.45) is 8.98. The number of hydrogen-bond donors (Lipinski definition) is 0. The van der Waals surface area contributed by atoms with Gasteiger partial charge in [0.1, 0.15) is 0 Å². The molecule has 114 valence electrons. The van der Waals surface area contributed by atoms with Crippen molar-refractivity contribution < 1.29 is 4.79 Å². The summed E-state index contributed by atoms with van der Waals surface area (Å²) in [6.45, 7) is 0.959. The standard InChI is InChI=1S/C18H24ClNO/c19-12-14-6-8-16(9-7-14)18(21)20(17-10-11-17)13-15-4-2-1-3-5-15/h6-9,15,17H,1-5,10-13H2. The molecular formula is C18H24ClNO. The van der Waals surface area contributed by atoms with Gasteiger partial charge in [0.15, 0.2) is 0 Å². The summed E-state index contributed by atoms with van der Waals surface area (Å²) >= 11 is 5.82. The zero-order chi connectivity index (χ0) is 14.7. The highest BCUT2D eigenvalue weighted by molar-refractivity contribution is 6.17. The minimum atomic E-state index is 0.212. The van der Waals surface area contributed by atoms with Crippen molar-refractivity contribution in [1.82, 2.24) is 4.90 Å². The number of halogens is 1. The smallest absolute Gasteiger partial charge is 0.254 e. The van der Waals surface area contributed by atoms with Gasteiger partial charge in [-0.1, -0.05) is 31.4 Å². The number of benzene rings is 1. The average Bonchev–Trinajstić information content (AvgIpc) is 3.38. The van der Waals surface area contributed by atoms with Gasteiger partial charge in [-0.05, 0) is 49.3 Å². The fourth-order valence-electron chi connectivity index (χ4n) is 3.33. The van der Waals surface area contributed by atoms with Crippen LogP contribution >= 0.6 is 11.6 Å². The lowest BCUT2D eigenvalue weighted by Crippen LogP contribution is -2.37. The Morgan fingerprint density at radius 1 is 1.05 bits per heavy atom. The van der Waals surface area contributed by atoms with Crippen molar-refractivity contribution in [3.63, 3.8) is 0 Å². The maximum atomic E-state index is 12.8. The summed E-state index contributed by atoms with van der Waals surface area (Å²) in [5.41, 5.74) is 1.88. The SMILES string of the molecule is O=C(c1ccc(CCl)cc1)N(CC1CCCCC1)C1CC1. The molecule has 1 aromatic rings. The van der Waals surface area contributed by atoms with Crippen LogP contribution in [0.5, 0.6) is 0 Å². The summed E-state index contributed by atoms with van der Waals surface area (Å²) < 4.78 is 0. The minimum Gasteiger partial charge on any atom is -0.335 e. The Bertz CT molecular complexity index is 474. The largest absolute Gasteiger partial charge is 0.335 e. The molecule has 2 saturated carbocycles. The van der Waals surface area contributed by atoms with Crippen molar-refractivity contribution in [2.45, 2.75) is 56.9 Å². The summed E-state index contributed by atoms with van der Waals surface area (Å²) in [6, 6.07) is 8.27. The Kier molecular flexibility index (Phi) is 4.84. The molecule has 3 rings (SSSR count). The van der Waals surface area contributed by atoms with Gasteiger partial charge in [0.25, 0.3) is 5.91 Å². The normalized spacial score (nSPS) is 19.5. The Morgan fingerprint density at radius 2 is 1.71 bits per heavy atom. The molecule has 0 atom stereocenters. The van der Waals surface area contributed by atoms with Gasteiger partial charge >= 0.3 is 0 Å². The van der Waals surface area contributed by atoms with Gasteiger partial charge in [0, 0.05) is 24.0 Å². The first-order valence-electron chi connectivity index (χ1n) is 8.24. The van der Waals surface area contributed by atoms with Crippen LogP contribution in [0.3, 0.4) is 0 Å². The van der Waals surface area contributed by atoms with Gasteiger partial charge in [-0.3, -0.25) is 4.79 Å². The van der Waals surface area contributed by atoms with E-state index < -0.39 is 0 Å². The van der Waals surface area contributed by atoms with Crippen LogP contribution in [-0.4, -0.2) is 23.4 Å².